The number of esters is 2. The highest BCUT2D eigenvalue weighted by Crippen LogP contribution is 2.34. The number of hydrogen-bond donors (Lipinski definition) is 2. The summed E-state index contributed by atoms with van der Waals surface area (Å²) >= 11 is 6.56. The maximum atomic E-state index is 12.3. The molecule has 0 spiro atoms. The van der Waals surface area contributed by atoms with Gasteiger partial charge in [0.15, 0.2) is 5.11 Å². The Balaban J connectivity index is 1.89. The van der Waals surface area contributed by atoms with Crippen molar-refractivity contribution in [2.24, 2.45) is 0 Å². The van der Waals surface area contributed by atoms with Gasteiger partial charge in [0, 0.05) is 11.3 Å². The fraction of sp³-hybridized carbons (Fsp3) is 0.136. The van der Waals surface area contributed by atoms with Crippen molar-refractivity contribution in [1.29, 1.82) is 0 Å². The molecule has 6 nitrogen and oxygen atoms in total. The Morgan fingerprint density at radius 1 is 0.900 bits per heavy atom. The van der Waals surface area contributed by atoms with E-state index in [0.717, 1.165) is 28.2 Å². The van der Waals surface area contributed by atoms with E-state index in [1.54, 1.807) is 6.92 Å². The molecule has 8 heteroatoms. The summed E-state index contributed by atoms with van der Waals surface area (Å²) in [5, 5.41) is 6.89. The molecule has 2 aromatic carbocycles. The van der Waals surface area contributed by atoms with Crippen LogP contribution < -0.4 is 10.6 Å². The summed E-state index contributed by atoms with van der Waals surface area (Å²) in [4.78, 5) is 24.6. The van der Waals surface area contributed by atoms with E-state index in [-0.39, 0.29) is 10.7 Å². The Morgan fingerprint density at radius 3 is 2.20 bits per heavy atom. The van der Waals surface area contributed by atoms with Gasteiger partial charge in [-0.2, -0.15) is 0 Å². The molecule has 3 rings (SSSR count). The van der Waals surface area contributed by atoms with Gasteiger partial charge in [-0.1, -0.05) is 48.5 Å². The second kappa shape index (κ2) is 9.51. The van der Waals surface area contributed by atoms with Crippen LogP contribution >= 0.6 is 23.6 Å². The minimum atomic E-state index is -0.561. The van der Waals surface area contributed by atoms with Crippen LogP contribution in [0.5, 0.6) is 0 Å². The molecule has 0 aliphatic rings. The highest BCUT2D eigenvalue weighted by atomic mass is 32.1. The first-order chi connectivity index (χ1) is 14.5. The molecule has 3 aromatic rings. The minimum Gasteiger partial charge on any atom is -0.465 e. The van der Waals surface area contributed by atoms with Crippen LogP contribution in [-0.4, -0.2) is 31.3 Å². The zero-order valence-corrected chi connectivity index (χ0v) is 18.3. The van der Waals surface area contributed by atoms with Gasteiger partial charge in [-0.25, -0.2) is 9.59 Å². The zero-order valence-electron chi connectivity index (χ0n) is 16.6. The molecule has 0 unspecified atom stereocenters. The lowest BCUT2D eigenvalue weighted by Crippen LogP contribution is -2.20. The number of anilines is 2. The van der Waals surface area contributed by atoms with E-state index in [1.807, 2.05) is 54.6 Å². The van der Waals surface area contributed by atoms with E-state index >= 15 is 0 Å². The Kier molecular flexibility index (Phi) is 6.81. The predicted molar refractivity (Wildman–Crippen MR) is 123 cm³/mol. The third kappa shape index (κ3) is 4.50. The van der Waals surface area contributed by atoms with E-state index in [4.69, 9.17) is 21.7 Å². The van der Waals surface area contributed by atoms with Gasteiger partial charge in [0.1, 0.15) is 9.88 Å². The number of hydrogen-bond acceptors (Lipinski definition) is 6. The molecule has 0 radical (unpaired) electrons. The lowest BCUT2D eigenvalue weighted by Gasteiger charge is -2.14. The van der Waals surface area contributed by atoms with Crippen molar-refractivity contribution in [2.75, 3.05) is 24.9 Å². The van der Waals surface area contributed by atoms with Gasteiger partial charge in [-0.05, 0) is 36.3 Å². The van der Waals surface area contributed by atoms with Crippen molar-refractivity contribution in [1.82, 2.24) is 0 Å². The van der Waals surface area contributed by atoms with Gasteiger partial charge >= 0.3 is 11.9 Å². The number of para-hydroxylation sites is 1. The molecular weight excluding hydrogens is 420 g/mol. The third-order valence-electron chi connectivity index (χ3n) is 4.39. The van der Waals surface area contributed by atoms with E-state index in [0.29, 0.717) is 15.4 Å². The molecule has 0 saturated heterocycles. The van der Waals surface area contributed by atoms with Crippen molar-refractivity contribution in [3.63, 3.8) is 0 Å². The second-order valence-electron chi connectivity index (χ2n) is 6.23. The number of methoxy groups -OCH3 is 2. The van der Waals surface area contributed by atoms with Crippen LogP contribution in [-0.2, 0) is 9.47 Å². The third-order valence-corrected chi connectivity index (χ3v) is 5.79. The zero-order chi connectivity index (χ0) is 21.7. The van der Waals surface area contributed by atoms with Crippen LogP contribution in [0, 0.1) is 6.92 Å². The van der Waals surface area contributed by atoms with E-state index < -0.39 is 11.9 Å². The van der Waals surface area contributed by atoms with Gasteiger partial charge in [-0.15, -0.1) is 11.3 Å². The summed E-state index contributed by atoms with van der Waals surface area (Å²) in [6, 6.07) is 17.7. The number of rotatable bonds is 5. The number of thiocarbonyl (C=S) groups is 1. The lowest BCUT2D eigenvalue weighted by molar-refractivity contribution is 0.0601. The molecule has 1 heterocycles. The first kappa shape index (κ1) is 21.5. The van der Waals surface area contributed by atoms with Crippen LogP contribution in [0.4, 0.5) is 10.7 Å². The molecular formula is C22H20N2O4S2. The summed E-state index contributed by atoms with van der Waals surface area (Å²) < 4.78 is 9.68. The maximum Gasteiger partial charge on any atom is 0.348 e. The van der Waals surface area contributed by atoms with Crippen molar-refractivity contribution in [3.05, 3.63) is 70.6 Å². The van der Waals surface area contributed by atoms with Crippen molar-refractivity contribution in [3.8, 4) is 11.1 Å². The maximum absolute atomic E-state index is 12.3. The summed E-state index contributed by atoms with van der Waals surface area (Å²) in [7, 11) is 2.58. The highest BCUT2D eigenvalue weighted by molar-refractivity contribution is 7.80. The van der Waals surface area contributed by atoms with Crippen molar-refractivity contribution < 1.29 is 19.1 Å². The monoisotopic (exact) mass is 440 g/mol. The standard InChI is InChI=1S/C22H20N2O4S2/c1-13-17(20(25)27-2)19(30-18(13)21(26)28-3)24-22(29)23-16-12-8-7-11-15(16)14-9-5-4-6-10-14/h4-12H,1-3H3,(H2,23,24,29). The summed E-state index contributed by atoms with van der Waals surface area (Å²) in [5.41, 5.74) is 3.56. The van der Waals surface area contributed by atoms with Gasteiger partial charge in [0.25, 0.3) is 0 Å². The number of carbonyl (C=O) groups excluding carboxylic acids is 2. The van der Waals surface area contributed by atoms with Crippen LogP contribution in [0.25, 0.3) is 11.1 Å². The molecule has 0 fully saturated rings. The number of nitrogens with one attached hydrogen (secondary N) is 2. The Morgan fingerprint density at radius 2 is 1.53 bits per heavy atom. The average molecular weight is 441 g/mol. The summed E-state index contributed by atoms with van der Waals surface area (Å²) in [5.74, 6) is -1.09. The molecule has 30 heavy (non-hydrogen) atoms. The molecule has 0 aliphatic heterocycles. The quantitative estimate of drug-likeness (QED) is 0.422. The summed E-state index contributed by atoms with van der Waals surface area (Å²) in [6.45, 7) is 1.67. The van der Waals surface area contributed by atoms with E-state index in [9.17, 15) is 9.59 Å². The Bertz CT molecular complexity index is 1090. The molecule has 0 atom stereocenters. The number of carbonyl (C=O) groups is 2. The van der Waals surface area contributed by atoms with Gasteiger partial charge in [-0.3, -0.25) is 0 Å². The summed E-state index contributed by atoms with van der Waals surface area (Å²) in [6.07, 6.45) is 0. The number of benzene rings is 2. The first-order valence-electron chi connectivity index (χ1n) is 8.98. The molecule has 2 N–H and O–H groups in total. The minimum absolute atomic E-state index is 0.253. The Labute approximate surface area is 183 Å². The van der Waals surface area contributed by atoms with Crippen LogP contribution in [0.1, 0.15) is 25.6 Å². The lowest BCUT2D eigenvalue weighted by atomic mass is 10.0. The van der Waals surface area contributed by atoms with Crippen LogP contribution in [0.2, 0.25) is 0 Å². The van der Waals surface area contributed by atoms with Gasteiger partial charge in [0.05, 0.1) is 19.8 Å². The van der Waals surface area contributed by atoms with Crippen molar-refractivity contribution in [2.45, 2.75) is 6.92 Å². The fourth-order valence-corrected chi connectivity index (χ4v) is 4.35. The number of ether oxygens (including phenoxy) is 2. The van der Waals surface area contributed by atoms with Crippen molar-refractivity contribution >= 4 is 51.3 Å². The highest BCUT2D eigenvalue weighted by Gasteiger charge is 2.26. The van der Waals surface area contributed by atoms with Gasteiger partial charge in [0.2, 0.25) is 0 Å². The smallest absolute Gasteiger partial charge is 0.348 e. The largest absolute Gasteiger partial charge is 0.465 e. The normalized spacial score (nSPS) is 10.2. The number of thiophene rings is 1. The topological polar surface area (TPSA) is 76.7 Å². The fourth-order valence-electron chi connectivity index (χ4n) is 2.96. The average Bonchev–Trinajstić information content (AvgIpc) is 3.09. The van der Waals surface area contributed by atoms with Gasteiger partial charge < -0.3 is 20.1 Å². The van der Waals surface area contributed by atoms with E-state index in [1.165, 1.54) is 14.2 Å². The molecule has 0 bridgehead atoms. The predicted octanol–water partition coefficient (Wildman–Crippen LogP) is 5.11. The van der Waals surface area contributed by atoms with Crippen LogP contribution in [0.15, 0.2) is 54.6 Å². The Hall–Kier alpha value is -3.23. The molecule has 1 aromatic heterocycles. The first-order valence-corrected chi connectivity index (χ1v) is 10.2. The molecule has 154 valence electrons. The van der Waals surface area contributed by atoms with E-state index in [2.05, 4.69) is 10.6 Å². The molecule has 0 saturated carbocycles. The molecule has 0 aliphatic carbocycles. The van der Waals surface area contributed by atoms with Crippen LogP contribution in [0.3, 0.4) is 0 Å². The molecule has 0 amide bonds. The second-order valence-corrected chi connectivity index (χ2v) is 7.66. The SMILES string of the molecule is COC(=O)c1sc(NC(=S)Nc2ccccc2-c2ccccc2)c(C(=O)OC)c1C.